The first kappa shape index (κ1) is 20.1. The molecular formula is C25H22O4S. The normalized spacial score (nSPS) is 15.1. The lowest BCUT2D eigenvalue weighted by atomic mass is 9.94. The number of ether oxygens (including phenoxy) is 2. The van der Waals surface area contributed by atoms with Crippen LogP contribution in [0.2, 0.25) is 0 Å². The van der Waals surface area contributed by atoms with Gasteiger partial charge in [-0.25, -0.2) is 4.21 Å². The Hall–Kier alpha value is -3.18. The molecule has 1 aliphatic rings. The fraction of sp³-hybridized carbons (Fsp3) is 0.160. The summed E-state index contributed by atoms with van der Waals surface area (Å²) in [6.07, 6.45) is 0. The molecule has 0 bridgehead atoms. The number of allylic oxidation sites excluding steroid dienone is 1. The number of hydrogen-bond donors (Lipinski definition) is 0. The maximum absolute atomic E-state index is 13.6. The molecule has 0 saturated carbocycles. The largest absolute Gasteiger partial charge is 0.494 e. The van der Waals surface area contributed by atoms with Crippen LogP contribution in [0, 0.1) is 0 Å². The van der Waals surface area contributed by atoms with Gasteiger partial charge in [-0.05, 0) is 61.9 Å². The SMILES string of the molecule is CCOc1ccc(C(=O)C2=C(c3ccccc3)S(=O)c3cc(OCC)ccc32)cc1. The summed E-state index contributed by atoms with van der Waals surface area (Å²) in [7, 11) is -1.48. The number of rotatable bonds is 7. The number of fused-ring (bicyclic) bond motifs is 1. The highest BCUT2D eigenvalue weighted by atomic mass is 32.2. The number of carbonyl (C=O) groups excluding carboxylic acids is 1. The van der Waals surface area contributed by atoms with E-state index in [0.29, 0.717) is 51.2 Å². The van der Waals surface area contributed by atoms with E-state index in [2.05, 4.69) is 0 Å². The predicted octanol–water partition coefficient (Wildman–Crippen LogP) is 5.36. The van der Waals surface area contributed by atoms with Crippen molar-refractivity contribution < 1.29 is 18.5 Å². The minimum atomic E-state index is -1.48. The Kier molecular flexibility index (Phi) is 5.81. The van der Waals surface area contributed by atoms with Crippen molar-refractivity contribution >= 4 is 27.1 Å². The molecule has 4 rings (SSSR count). The van der Waals surface area contributed by atoms with Crippen molar-refractivity contribution in [1.82, 2.24) is 0 Å². The summed E-state index contributed by atoms with van der Waals surface area (Å²) in [6, 6.07) is 21.9. The molecule has 0 spiro atoms. The standard InChI is InChI=1S/C25H22O4S/c1-3-28-19-12-10-17(11-13-19)24(26)23-21-15-14-20(29-4-2)16-22(21)30(27)25(23)18-8-6-5-7-9-18/h5-16H,3-4H2,1-2H3. The molecule has 30 heavy (non-hydrogen) atoms. The van der Waals surface area contributed by atoms with Crippen molar-refractivity contribution in [2.75, 3.05) is 13.2 Å². The maximum Gasteiger partial charge on any atom is 0.194 e. The van der Waals surface area contributed by atoms with Crippen molar-refractivity contribution in [3.8, 4) is 11.5 Å². The molecule has 0 N–H and O–H groups in total. The smallest absolute Gasteiger partial charge is 0.194 e. The van der Waals surface area contributed by atoms with Crippen molar-refractivity contribution in [2.24, 2.45) is 0 Å². The summed E-state index contributed by atoms with van der Waals surface area (Å²) in [4.78, 5) is 14.7. The zero-order valence-corrected chi connectivity index (χ0v) is 17.7. The van der Waals surface area contributed by atoms with Crippen LogP contribution in [0.15, 0.2) is 77.7 Å². The maximum atomic E-state index is 13.6. The summed E-state index contributed by atoms with van der Waals surface area (Å²) in [5, 5.41) is 0. The average molecular weight is 419 g/mol. The first-order chi connectivity index (χ1) is 14.6. The lowest BCUT2D eigenvalue weighted by Gasteiger charge is -2.09. The highest BCUT2D eigenvalue weighted by Gasteiger charge is 2.34. The molecule has 0 saturated heterocycles. The zero-order chi connectivity index (χ0) is 21.1. The minimum absolute atomic E-state index is 0.159. The predicted molar refractivity (Wildman–Crippen MR) is 119 cm³/mol. The second kappa shape index (κ2) is 8.67. The first-order valence-electron chi connectivity index (χ1n) is 9.90. The Morgan fingerprint density at radius 3 is 2.13 bits per heavy atom. The van der Waals surface area contributed by atoms with Crippen molar-refractivity contribution in [3.05, 3.63) is 89.5 Å². The Morgan fingerprint density at radius 1 is 0.833 bits per heavy atom. The summed E-state index contributed by atoms with van der Waals surface area (Å²) < 4.78 is 24.5. The summed E-state index contributed by atoms with van der Waals surface area (Å²) in [6.45, 7) is 4.89. The van der Waals surface area contributed by atoms with Gasteiger partial charge < -0.3 is 9.47 Å². The third kappa shape index (κ3) is 3.68. The van der Waals surface area contributed by atoms with Crippen molar-refractivity contribution in [3.63, 3.8) is 0 Å². The molecule has 0 radical (unpaired) electrons. The lowest BCUT2D eigenvalue weighted by molar-refractivity contribution is 0.105. The number of benzene rings is 3. The molecule has 1 heterocycles. The van der Waals surface area contributed by atoms with Gasteiger partial charge in [0.1, 0.15) is 11.5 Å². The molecule has 4 nitrogen and oxygen atoms in total. The molecule has 3 aromatic carbocycles. The number of carbonyl (C=O) groups is 1. The molecule has 152 valence electrons. The van der Waals surface area contributed by atoms with Gasteiger partial charge in [0.15, 0.2) is 5.78 Å². The lowest BCUT2D eigenvalue weighted by Crippen LogP contribution is -2.04. The van der Waals surface area contributed by atoms with E-state index in [4.69, 9.17) is 9.47 Å². The number of Topliss-reactive ketones (excluding diaryl/α,β-unsaturated/α-hetero) is 1. The minimum Gasteiger partial charge on any atom is -0.494 e. The van der Waals surface area contributed by atoms with E-state index in [0.717, 1.165) is 5.56 Å². The van der Waals surface area contributed by atoms with Crippen LogP contribution in [0.3, 0.4) is 0 Å². The summed E-state index contributed by atoms with van der Waals surface area (Å²) >= 11 is 0. The fourth-order valence-electron chi connectivity index (χ4n) is 3.52. The Balaban J connectivity index is 1.85. The molecule has 5 heteroatoms. The monoisotopic (exact) mass is 418 g/mol. The van der Waals surface area contributed by atoms with Crippen molar-refractivity contribution in [1.29, 1.82) is 0 Å². The molecule has 3 aromatic rings. The number of ketones is 1. The van der Waals surface area contributed by atoms with Crippen LogP contribution in [-0.2, 0) is 10.8 Å². The van der Waals surface area contributed by atoms with Gasteiger partial charge in [-0.1, -0.05) is 30.3 Å². The Morgan fingerprint density at radius 2 is 1.47 bits per heavy atom. The van der Waals surface area contributed by atoms with E-state index < -0.39 is 10.8 Å². The van der Waals surface area contributed by atoms with Gasteiger partial charge in [0, 0.05) is 16.7 Å². The average Bonchev–Trinajstić information content (AvgIpc) is 3.07. The van der Waals surface area contributed by atoms with Crippen LogP contribution >= 0.6 is 0 Å². The Bertz CT molecular complexity index is 1130. The highest BCUT2D eigenvalue weighted by molar-refractivity contribution is 7.95. The van der Waals surface area contributed by atoms with Crippen LogP contribution in [-0.4, -0.2) is 23.2 Å². The molecule has 1 atom stereocenters. The van der Waals surface area contributed by atoms with Crippen LogP contribution in [0.1, 0.15) is 35.3 Å². The molecule has 1 unspecified atom stereocenters. The molecule has 0 amide bonds. The van der Waals surface area contributed by atoms with E-state index in [1.54, 1.807) is 30.3 Å². The van der Waals surface area contributed by atoms with E-state index in [1.807, 2.05) is 56.3 Å². The fourth-order valence-corrected chi connectivity index (χ4v) is 5.08. The Labute approximate surface area is 178 Å². The van der Waals surface area contributed by atoms with Crippen molar-refractivity contribution in [2.45, 2.75) is 18.7 Å². The van der Waals surface area contributed by atoms with Crippen LogP contribution in [0.4, 0.5) is 0 Å². The second-order valence-electron chi connectivity index (χ2n) is 6.72. The van der Waals surface area contributed by atoms with Gasteiger partial charge in [-0.3, -0.25) is 4.79 Å². The topological polar surface area (TPSA) is 52.6 Å². The first-order valence-corrected chi connectivity index (χ1v) is 11.0. The van der Waals surface area contributed by atoms with Gasteiger partial charge in [0.05, 0.1) is 33.8 Å². The third-order valence-corrected chi connectivity index (χ3v) is 6.38. The van der Waals surface area contributed by atoms with Gasteiger partial charge in [0.2, 0.25) is 0 Å². The van der Waals surface area contributed by atoms with Gasteiger partial charge in [0.25, 0.3) is 0 Å². The van der Waals surface area contributed by atoms with E-state index in [1.165, 1.54) is 0 Å². The second-order valence-corrected chi connectivity index (χ2v) is 8.10. The van der Waals surface area contributed by atoms with Crippen LogP contribution in [0.5, 0.6) is 11.5 Å². The van der Waals surface area contributed by atoms with Crippen LogP contribution < -0.4 is 9.47 Å². The molecule has 0 fully saturated rings. The summed E-state index contributed by atoms with van der Waals surface area (Å²) in [5.74, 6) is 1.20. The summed E-state index contributed by atoms with van der Waals surface area (Å²) in [5.41, 5.74) is 2.47. The van der Waals surface area contributed by atoms with Gasteiger partial charge in [-0.15, -0.1) is 0 Å². The quantitative estimate of drug-likeness (QED) is 0.485. The van der Waals surface area contributed by atoms with Gasteiger partial charge >= 0.3 is 0 Å². The molecule has 1 aliphatic heterocycles. The van der Waals surface area contributed by atoms with E-state index in [-0.39, 0.29) is 5.78 Å². The number of hydrogen-bond acceptors (Lipinski definition) is 4. The highest BCUT2D eigenvalue weighted by Crippen LogP contribution is 2.44. The van der Waals surface area contributed by atoms with Crippen LogP contribution in [0.25, 0.3) is 10.5 Å². The zero-order valence-electron chi connectivity index (χ0n) is 16.9. The molecular weight excluding hydrogens is 396 g/mol. The van der Waals surface area contributed by atoms with E-state index in [9.17, 15) is 9.00 Å². The van der Waals surface area contributed by atoms with Gasteiger partial charge in [-0.2, -0.15) is 0 Å². The third-order valence-electron chi connectivity index (χ3n) is 4.84. The van der Waals surface area contributed by atoms with E-state index >= 15 is 0 Å². The molecule has 0 aliphatic carbocycles. The molecule has 0 aromatic heterocycles.